The van der Waals surface area contributed by atoms with E-state index in [1.54, 1.807) is 19.1 Å². The molecule has 3 N–H and O–H groups in total. The van der Waals surface area contributed by atoms with Gasteiger partial charge in [-0.15, -0.1) is 12.4 Å². The van der Waals surface area contributed by atoms with E-state index in [2.05, 4.69) is 20.7 Å². The summed E-state index contributed by atoms with van der Waals surface area (Å²) in [5.74, 6) is -0.274. The lowest BCUT2D eigenvalue weighted by Gasteiger charge is -2.14. The Morgan fingerprint density at radius 3 is 2.71 bits per heavy atom. The molecule has 0 saturated heterocycles. The average Bonchev–Trinajstić information content (AvgIpc) is 2.22. The van der Waals surface area contributed by atoms with Gasteiger partial charge in [-0.25, -0.2) is 0 Å². The molecule has 0 aliphatic rings. The smallest absolute Gasteiger partial charge is 0.307 e. The van der Waals surface area contributed by atoms with Crippen LogP contribution >= 0.6 is 28.3 Å². The summed E-state index contributed by atoms with van der Waals surface area (Å²) in [5, 5.41) is 9.83. The van der Waals surface area contributed by atoms with Crippen LogP contribution in [0.4, 0.5) is 0 Å². The number of carbonyl (C=O) groups excluding carboxylic acids is 1. The van der Waals surface area contributed by atoms with Crippen molar-refractivity contribution >= 4 is 34.3 Å². The number of benzene rings is 1. The number of phenols is 1. The van der Waals surface area contributed by atoms with E-state index in [1.165, 1.54) is 7.11 Å². The van der Waals surface area contributed by atoms with Crippen molar-refractivity contribution in [1.29, 1.82) is 0 Å². The van der Waals surface area contributed by atoms with Crippen LogP contribution in [0, 0.1) is 6.92 Å². The molecular formula is C11H15BrClNO3. The second-order valence-corrected chi connectivity index (χ2v) is 4.46. The van der Waals surface area contributed by atoms with Crippen LogP contribution in [-0.4, -0.2) is 18.2 Å². The summed E-state index contributed by atoms with van der Waals surface area (Å²) in [6, 6.07) is 2.92. The van der Waals surface area contributed by atoms with Gasteiger partial charge in [0.15, 0.2) is 0 Å². The van der Waals surface area contributed by atoms with Gasteiger partial charge < -0.3 is 15.6 Å². The van der Waals surface area contributed by atoms with Gasteiger partial charge in [-0.2, -0.15) is 0 Å². The predicted molar refractivity (Wildman–Crippen MR) is 71.4 cm³/mol. The van der Waals surface area contributed by atoms with Crippen LogP contribution in [0.3, 0.4) is 0 Å². The Morgan fingerprint density at radius 1 is 1.59 bits per heavy atom. The Labute approximate surface area is 115 Å². The minimum absolute atomic E-state index is 0. The summed E-state index contributed by atoms with van der Waals surface area (Å²) in [6.07, 6.45) is 0.0416. The Morgan fingerprint density at radius 2 is 2.18 bits per heavy atom. The molecule has 0 fully saturated rings. The van der Waals surface area contributed by atoms with Crippen LogP contribution in [0.5, 0.6) is 5.75 Å². The molecule has 6 heteroatoms. The molecule has 0 bridgehead atoms. The lowest BCUT2D eigenvalue weighted by molar-refractivity contribution is -0.141. The molecule has 0 aromatic heterocycles. The summed E-state index contributed by atoms with van der Waals surface area (Å²) in [7, 11) is 1.31. The molecule has 17 heavy (non-hydrogen) atoms. The summed E-state index contributed by atoms with van der Waals surface area (Å²) in [4.78, 5) is 11.1. The van der Waals surface area contributed by atoms with Gasteiger partial charge in [0.05, 0.1) is 13.5 Å². The predicted octanol–water partition coefficient (Wildman–Crippen LogP) is 2.45. The summed E-state index contributed by atoms with van der Waals surface area (Å²) < 4.78 is 5.35. The molecule has 0 amide bonds. The zero-order valence-corrected chi connectivity index (χ0v) is 12.0. The number of aryl methyl sites for hydroxylation is 1. The minimum Gasteiger partial charge on any atom is -0.507 e. The zero-order valence-electron chi connectivity index (χ0n) is 9.57. The van der Waals surface area contributed by atoms with Crippen molar-refractivity contribution in [1.82, 2.24) is 0 Å². The van der Waals surface area contributed by atoms with Crippen molar-refractivity contribution in [3.63, 3.8) is 0 Å². The first-order chi connectivity index (χ1) is 7.45. The number of rotatable bonds is 3. The number of nitrogens with two attached hydrogens (primary N) is 1. The number of phenolic OH excluding ortho intramolecular Hbond substituents is 1. The highest BCUT2D eigenvalue weighted by Gasteiger charge is 2.17. The first-order valence-corrected chi connectivity index (χ1v) is 5.56. The molecule has 0 spiro atoms. The second kappa shape index (κ2) is 6.83. The molecule has 1 atom stereocenters. The zero-order chi connectivity index (χ0) is 12.3. The number of ether oxygens (including phenoxy) is 1. The molecule has 0 aliphatic carbocycles. The van der Waals surface area contributed by atoms with E-state index in [0.717, 1.165) is 4.47 Å². The average molecular weight is 325 g/mol. The van der Waals surface area contributed by atoms with E-state index >= 15 is 0 Å². The third kappa shape index (κ3) is 4.18. The van der Waals surface area contributed by atoms with E-state index in [0.29, 0.717) is 11.1 Å². The lowest BCUT2D eigenvalue weighted by atomic mass is 10.0. The van der Waals surface area contributed by atoms with Gasteiger partial charge >= 0.3 is 5.97 Å². The highest BCUT2D eigenvalue weighted by atomic mass is 79.9. The quantitative estimate of drug-likeness (QED) is 0.838. The first kappa shape index (κ1) is 16.2. The molecule has 96 valence electrons. The van der Waals surface area contributed by atoms with Crippen molar-refractivity contribution in [3.05, 3.63) is 27.7 Å². The Kier molecular flexibility index (Phi) is 6.52. The fraction of sp³-hybridized carbons (Fsp3) is 0.364. The van der Waals surface area contributed by atoms with Gasteiger partial charge in [-0.3, -0.25) is 4.79 Å². The molecule has 0 heterocycles. The molecule has 0 unspecified atom stereocenters. The highest BCUT2D eigenvalue weighted by Crippen LogP contribution is 2.31. The van der Waals surface area contributed by atoms with E-state index in [1.807, 2.05) is 0 Å². The van der Waals surface area contributed by atoms with Gasteiger partial charge in [-0.05, 0) is 24.6 Å². The highest BCUT2D eigenvalue weighted by molar-refractivity contribution is 9.10. The second-order valence-electron chi connectivity index (χ2n) is 3.55. The largest absolute Gasteiger partial charge is 0.507 e. The third-order valence-electron chi connectivity index (χ3n) is 2.31. The van der Waals surface area contributed by atoms with Gasteiger partial charge in [0, 0.05) is 16.1 Å². The standard InChI is InChI=1S/C11H14BrNO3.ClH/c1-6-3-7(12)4-8(11(6)15)9(13)5-10(14)16-2;/h3-4,9,15H,5,13H2,1-2H3;1H/t9-;/m1./s1. The number of carbonyl (C=O) groups is 1. The first-order valence-electron chi connectivity index (χ1n) is 4.77. The maximum Gasteiger partial charge on any atom is 0.307 e. The van der Waals surface area contributed by atoms with E-state index < -0.39 is 12.0 Å². The van der Waals surface area contributed by atoms with E-state index in [9.17, 15) is 9.90 Å². The van der Waals surface area contributed by atoms with Crippen LogP contribution in [0.2, 0.25) is 0 Å². The van der Waals surface area contributed by atoms with Crippen LogP contribution in [0.25, 0.3) is 0 Å². The molecule has 0 saturated carbocycles. The molecule has 4 nitrogen and oxygen atoms in total. The number of hydrogen-bond acceptors (Lipinski definition) is 4. The van der Waals surface area contributed by atoms with Crippen LogP contribution in [0.1, 0.15) is 23.6 Å². The molecule has 0 aliphatic heterocycles. The van der Waals surface area contributed by atoms with Crippen molar-refractivity contribution < 1.29 is 14.6 Å². The SMILES string of the molecule is COC(=O)C[C@@H](N)c1cc(Br)cc(C)c1O.Cl. The fourth-order valence-electron chi connectivity index (χ4n) is 1.42. The Bertz CT molecular complexity index is 412. The topological polar surface area (TPSA) is 72.5 Å². The van der Waals surface area contributed by atoms with Crippen molar-refractivity contribution in [2.45, 2.75) is 19.4 Å². The lowest BCUT2D eigenvalue weighted by Crippen LogP contribution is -2.16. The van der Waals surface area contributed by atoms with Gasteiger partial charge in [0.1, 0.15) is 5.75 Å². The van der Waals surface area contributed by atoms with Gasteiger partial charge in [0.2, 0.25) is 0 Å². The summed E-state index contributed by atoms with van der Waals surface area (Å²) >= 11 is 3.32. The number of hydrogen-bond donors (Lipinski definition) is 2. The van der Waals surface area contributed by atoms with Crippen LogP contribution in [0.15, 0.2) is 16.6 Å². The molecule has 1 rings (SSSR count). The molecule has 1 aromatic carbocycles. The molecule has 0 radical (unpaired) electrons. The summed E-state index contributed by atoms with van der Waals surface area (Å²) in [5.41, 5.74) is 7.08. The van der Waals surface area contributed by atoms with Gasteiger partial charge in [0.25, 0.3) is 0 Å². The maximum absolute atomic E-state index is 11.1. The molecular weight excluding hydrogens is 309 g/mol. The number of aromatic hydroxyl groups is 1. The Hall–Kier alpha value is -0.780. The van der Waals surface area contributed by atoms with Gasteiger partial charge in [-0.1, -0.05) is 15.9 Å². The Balaban J connectivity index is 0.00000256. The van der Waals surface area contributed by atoms with Crippen LogP contribution < -0.4 is 5.73 Å². The summed E-state index contributed by atoms with van der Waals surface area (Å²) in [6.45, 7) is 1.77. The van der Waals surface area contributed by atoms with Crippen molar-refractivity contribution in [2.24, 2.45) is 5.73 Å². The number of esters is 1. The molecule has 1 aromatic rings. The monoisotopic (exact) mass is 323 g/mol. The fourth-order valence-corrected chi connectivity index (χ4v) is 2.01. The normalized spacial score (nSPS) is 11.5. The van der Waals surface area contributed by atoms with Crippen molar-refractivity contribution in [3.8, 4) is 5.75 Å². The van der Waals surface area contributed by atoms with E-state index in [4.69, 9.17) is 5.73 Å². The minimum atomic E-state index is -0.566. The van der Waals surface area contributed by atoms with Crippen molar-refractivity contribution in [2.75, 3.05) is 7.11 Å². The number of methoxy groups -OCH3 is 1. The van der Waals surface area contributed by atoms with Crippen LogP contribution in [-0.2, 0) is 9.53 Å². The number of halogens is 2. The van der Waals surface area contributed by atoms with E-state index in [-0.39, 0.29) is 24.6 Å². The third-order valence-corrected chi connectivity index (χ3v) is 2.77. The maximum atomic E-state index is 11.1.